The van der Waals surface area contributed by atoms with E-state index < -0.39 is 0 Å². The number of carbonyl (C=O) groups is 2. The zero-order valence-electron chi connectivity index (χ0n) is 9.75. The first kappa shape index (κ1) is 13.9. The van der Waals surface area contributed by atoms with Crippen molar-refractivity contribution in [1.82, 2.24) is 10.2 Å². The molecule has 5 nitrogen and oxygen atoms in total. The van der Waals surface area contributed by atoms with E-state index in [9.17, 15) is 9.59 Å². The van der Waals surface area contributed by atoms with Gasteiger partial charge in [-0.3, -0.25) is 9.59 Å². The molecule has 0 fully saturated rings. The van der Waals surface area contributed by atoms with Crippen molar-refractivity contribution >= 4 is 11.8 Å². The number of amides is 2. The predicted octanol–water partition coefficient (Wildman–Crippen LogP) is -0.292. The maximum Gasteiger partial charge on any atom is 0.241 e. The van der Waals surface area contributed by atoms with Gasteiger partial charge in [0.15, 0.2) is 0 Å². The van der Waals surface area contributed by atoms with Crippen LogP contribution < -0.4 is 11.1 Å². The van der Waals surface area contributed by atoms with E-state index in [0.717, 1.165) is 0 Å². The molecule has 0 spiro atoms. The molecule has 0 aromatic heterocycles. The molecule has 1 atom stereocenters. The molecule has 0 bridgehead atoms. The Bertz CT molecular complexity index is 217. The lowest BCUT2D eigenvalue weighted by atomic mass is 10.2. The highest BCUT2D eigenvalue weighted by Gasteiger charge is 2.08. The third-order valence-corrected chi connectivity index (χ3v) is 2.16. The van der Waals surface area contributed by atoms with Gasteiger partial charge in [0.25, 0.3) is 0 Å². The second kappa shape index (κ2) is 7.23. The molecule has 0 heterocycles. The maximum atomic E-state index is 11.3. The number of hydrogen-bond acceptors (Lipinski definition) is 3. The van der Waals surface area contributed by atoms with Crippen LogP contribution in [0.1, 0.15) is 26.7 Å². The van der Waals surface area contributed by atoms with Gasteiger partial charge in [-0.25, -0.2) is 0 Å². The number of rotatable bonds is 6. The molecule has 0 aromatic rings. The summed E-state index contributed by atoms with van der Waals surface area (Å²) in [5.74, 6) is -0.197. The third kappa shape index (κ3) is 6.90. The Morgan fingerprint density at radius 1 is 1.47 bits per heavy atom. The van der Waals surface area contributed by atoms with Crippen LogP contribution in [0.5, 0.6) is 0 Å². The monoisotopic (exact) mass is 215 g/mol. The van der Waals surface area contributed by atoms with Crippen molar-refractivity contribution in [1.29, 1.82) is 0 Å². The van der Waals surface area contributed by atoms with Crippen molar-refractivity contribution in [3.8, 4) is 0 Å². The zero-order valence-corrected chi connectivity index (χ0v) is 9.75. The van der Waals surface area contributed by atoms with Crippen LogP contribution in [0.3, 0.4) is 0 Å². The molecule has 0 aliphatic carbocycles. The minimum atomic E-state index is -0.120. The highest BCUT2D eigenvalue weighted by molar-refractivity contribution is 5.84. The Morgan fingerprint density at radius 3 is 2.53 bits per heavy atom. The normalized spacial score (nSPS) is 12.0. The van der Waals surface area contributed by atoms with Gasteiger partial charge in [-0.2, -0.15) is 0 Å². The van der Waals surface area contributed by atoms with Gasteiger partial charge in [0, 0.05) is 26.1 Å². The molecular weight excluding hydrogens is 194 g/mol. The standard InChI is InChI=1S/C10H21N3O2/c1-4-13(3)10(15)7-12-9(14)6-5-8(2)11/h8H,4-7,11H2,1-3H3,(H,12,14). The van der Waals surface area contributed by atoms with E-state index >= 15 is 0 Å². The summed E-state index contributed by atoms with van der Waals surface area (Å²) in [5.41, 5.74) is 5.51. The average molecular weight is 215 g/mol. The second-order valence-corrected chi connectivity index (χ2v) is 3.70. The fraction of sp³-hybridized carbons (Fsp3) is 0.800. The van der Waals surface area contributed by atoms with Gasteiger partial charge in [0.1, 0.15) is 0 Å². The Kier molecular flexibility index (Phi) is 6.70. The summed E-state index contributed by atoms with van der Waals surface area (Å²) in [4.78, 5) is 24.1. The van der Waals surface area contributed by atoms with Crippen LogP contribution in [0, 0.1) is 0 Å². The van der Waals surface area contributed by atoms with Gasteiger partial charge in [0.05, 0.1) is 6.54 Å². The Morgan fingerprint density at radius 2 is 2.07 bits per heavy atom. The molecule has 5 heteroatoms. The molecule has 0 rings (SSSR count). The van der Waals surface area contributed by atoms with Gasteiger partial charge in [-0.1, -0.05) is 0 Å². The van der Waals surface area contributed by atoms with Crippen molar-refractivity contribution in [2.45, 2.75) is 32.7 Å². The summed E-state index contributed by atoms with van der Waals surface area (Å²) >= 11 is 0. The van der Waals surface area contributed by atoms with E-state index in [-0.39, 0.29) is 24.4 Å². The van der Waals surface area contributed by atoms with Crippen molar-refractivity contribution in [2.75, 3.05) is 20.1 Å². The van der Waals surface area contributed by atoms with E-state index in [4.69, 9.17) is 5.73 Å². The number of nitrogens with zero attached hydrogens (tertiary/aromatic N) is 1. The average Bonchev–Trinajstić information content (AvgIpc) is 2.21. The largest absolute Gasteiger partial charge is 0.347 e. The lowest BCUT2D eigenvalue weighted by Crippen LogP contribution is -2.38. The predicted molar refractivity (Wildman–Crippen MR) is 59.2 cm³/mol. The molecule has 0 saturated carbocycles. The van der Waals surface area contributed by atoms with Gasteiger partial charge in [-0.05, 0) is 20.3 Å². The van der Waals surface area contributed by atoms with Gasteiger partial charge in [0.2, 0.25) is 11.8 Å². The Hall–Kier alpha value is -1.10. The molecule has 15 heavy (non-hydrogen) atoms. The Labute approximate surface area is 91.0 Å². The van der Waals surface area contributed by atoms with Gasteiger partial charge < -0.3 is 16.0 Å². The lowest BCUT2D eigenvalue weighted by Gasteiger charge is -2.14. The fourth-order valence-corrected chi connectivity index (χ4v) is 0.933. The maximum absolute atomic E-state index is 11.3. The fourth-order valence-electron chi connectivity index (χ4n) is 0.933. The number of hydrogen-bond donors (Lipinski definition) is 2. The van der Waals surface area contributed by atoms with Crippen LogP contribution in [0.15, 0.2) is 0 Å². The minimum Gasteiger partial charge on any atom is -0.347 e. The molecular formula is C10H21N3O2. The van der Waals surface area contributed by atoms with E-state index in [0.29, 0.717) is 19.4 Å². The van der Waals surface area contributed by atoms with Crippen LogP contribution in [0.2, 0.25) is 0 Å². The van der Waals surface area contributed by atoms with Gasteiger partial charge >= 0.3 is 0 Å². The number of likely N-dealkylation sites (N-methyl/N-ethyl adjacent to an activating group) is 1. The first-order valence-electron chi connectivity index (χ1n) is 5.23. The highest BCUT2D eigenvalue weighted by Crippen LogP contribution is 1.92. The number of nitrogens with one attached hydrogen (secondary N) is 1. The topological polar surface area (TPSA) is 75.4 Å². The summed E-state index contributed by atoms with van der Waals surface area (Å²) < 4.78 is 0. The van der Waals surface area contributed by atoms with Gasteiger partial charge in [-0.15, -0.1) is 0 Å². The van der Waals surface area contributed by atoms with Crippen LogP contribution in [-0.4, -0.2) is 42.9 Å². The van der Waals surface area contributed by atoms with E-state index in [1.54, 1.807) is 11.9 Å². The molecule has 0 aliphatic rings. The van der Waals surface area contributed by atoms with E-state index in [1.165, 1.54) is 0 Å². The summed E-state index contributed by atoms with van der Waals surface area (Å²) in [5, 5.41) is 2.57. The lowest BCUT2D eigenvalue weighted by molar-refractivity contribution is -0.131. The molecule has 0 radical (unpaired) electrons. The smallest absolute Gasteiger partial charge is 0.241 e. The summed E-state index contributed by atoms with van der Waals surface area (Å²) in [7, 11) is 1.70. The molecule has 1 unspecified atom stereocenters. The molecule has 2 amide bonds. The van der Waals surface area contributed by atoms with Crippen molar-refractivity contribution in [3.05, 3.63) is 0 Å². The minimum absolute atomic E-state index is 0.0183. The molecule has 0 saturated heterocycles. The van der Waals surface area contributed by atoms with E-state index in [1.807, 2.05) is 13.8 Å². The molecule has 0 aromatic carbocycles. The first-order chi connectivity index (χ1) is 6.97. The molecule has 88 valence electrons. The Balaban J connectivity index is 3.67. The van der Waals surface area contributed by atoms with Crippen molar-refractivity contribution < 1.29 is 9.59 Å². The summed E-state index contributed by atoms with van der Waals surface area (Å²) in [6, 6.07) is 0.0183. The molecule has 3 N–H and O–H groups in total. The second-order valence-electron chi connectivity index (χ2n) is 3.70. The van der Waals surface area contributed by atoms with Crippen molar-refractivity contribution in [3.63, 3.8) is 0 Å². The van der Waals surface area contributed by atoms with Crippen LogP contribution in [0.25, 0.3) is 0 Å². The van der Waals surface area contributed by atoms with Crippen molar-refractivity contribution in [2.24, 2.45) is 5.73 Å². The van der Waals surface area contributed by atoms with Crippen LogP contribution >= 0.6 is 0 Å². The summed E-state index contributed by atoms with van der Waals surface area (Å²) in [6.45, 7) is 4.45. The van der Waals surface area contributed by atoms with E-state index in [2.05, 4.69) is 5.32 Å². The number of nitrogens with two attached hydrogens (primary N) is 1. The van der Waals surface area contributed by atoms with Crippen LogP contribution in [-0.2, 0) is 9.59 Å². The van der Waals surface area contributed by atoms with Crippen LogP contribution in [0.4, 0.5) is 0 Å². The quantitative estimate of drug-likeness (QED) is 0.639. The zero-order chi connectivity index (χ0) is 11.8. The first-order valence-corrected chi connectivity index (χ1v) is 5.23. The SMILES string of the molecule is CCN(C)C(=O)CNC(=O)CCC(C)N. The highest BCUT2D eigenvalue weighted by atomic mass is 16.2. The third-order valence-electron chi connectivity index (χ3n) is 2.16. The molecule has 0 aliphatic heterocycles. The number of carbonyl (C=O) groups excluding carboxylic acids is 2. The summed E-state index contributed by atoms with van der Waals surface area (Å²) in [6.07, 6.45) is 1.02.